The van der Waals surface area contributed by atoms with Gasteiger partial charge in [0.15, 0.2) is 0 Å². The van der Waals surface area contributed by atoms with Crippen LogP contribution >= 0.6 is 0 Å². The summed E-state index contributed by atoms with van der Waals surface area (Å²) in [6, 6.07) is 7.61. The predicted octanol–water partition coefficient (Wildman–Crippen LogP) is 1.69. The van der Waals surface area contributed by atoms with Crippen molar-refractivity contribution in [2.45, 2.75) is 63.3 Å². The van der Waals surface area contributed by atoms with Crippen molar-refractivity contribution >= 4 is 0 Å². The van der Waals surface area contributed by atoms with Crippen LogP contribution in [0.2, 0.25) is 0 Å². The number of aliphatic hydroxyl groups is 4. The van der Waals surface area contributed by atoms with Crippen LogP contribution in [0.15, 0.2) is 24.3 Å². The summed E-state index contributed by atoms with van der Waals surface area (Å²) in [6.07, 6.45) is 0.0647. The van der Waals surface area contributed by atoms with E-state index < -0.39 is 34.7 Å². The summed E-state index contributed by atoms with van der Waals surface area (Å²) in [6.45, 7) is 7.83. The Bertz CT molecular complexity index is 715. The first-order valence-corrected chi connectivity index (χ1v) is 8.84. The number of rotatable bonds is 1. The highest BCUT2D eigenvalue weighted by molar-refractivity contribution is 5.51. The van der Waals surface area contributed by atoms with E-state index in [9.17, 15) is 20.4 Å². The molecule has 0 radical (unpaired) electrons. The highest BCUT2D eigenvalue weighted by atomic mass is 16.3. The molecule has 6 atom stereocenters. The summed E-state index contributed by atoms with van der Waals surface area (Å²) in [5.74, 6) is 0.0967. The molecule has 0 aromatic heterocycles. The van der Waals surface area contributed by atoms with Gasteiger partial charge < -0.3 is 20.4 Å². The molecular formula is C20H28O4. The molecule has 24 heavy (non-hydrogen) atoms. The van der Waals surface area contributed by atoms with E-state index in [1.54, 1.807) is 0 Å². The van der Waals surface area contributed by atoms with E-state index in [4.69, 9.17) is 0 Å². The van der Waals surface area contributed by atoms with Gasteiger partial charge in [-0.25, -0.2) is 0 Å². The molecule has 4 nitrogen and oxygen atoms in total. The van der Waals surface area contributed by atoms with Crippen LogP contribution in [0.3, 0.4) is 0 Å². The minimum absolute atomic E-state index is 0.0392. The van der Waals surface area contributed by atoms with Crippen molar-refractivity contribution in [2.75, 3.05) is 6.61 Å². The van der Waals surface area contributed by atoms with Crippen molar-refractivity contribution in [2.24, 2.45) is 16.7 Å². The monoisotopic (exact) mass is 332 g/mol. The van der Waals surface area contributed by atoms with Crippen molar-refractivity contribution in [1.29, 1.82) is 0 Å². The highest BCUT2D eigenvalue weighted by Crippen LogP contribution is 2.79. The van der Waals surface area contributed by atoms with E-state index >= 15 is 0 Å². The SMILES string of the molecule is CC1(C)C2CC(O)C1(C)[C@@]1(O)C[C@](O)(CO)c3ccccc3C21C. The lowest BCUT2D eigenvalue weighted by atomic mass is 9.48. The van der Waals surface area contributed by atoms with Gasteiger partial charge in [0.1, 0.15) is 5.60 Å². The number of aliphatic hydroxyl groups excluding tert-OH is 2. The molecular weight excluding hydrogens is 304 g/mol. The third kappa shape index (κ3) is 1.32. The Morgan fingerprint density at radius 2 is 1.62 bits per heavy atom. The summed E-state index contributed by atoms with van der Waals surface area (Å²) >= 11 is 0. The molecule has 0 aliphatic heterocycles. The van der Waals surface area contributed by atoms with Crippen LogP contribution in [0.25, 0.3) is 0 Å². The molecule has 0 saturated heterocycles. The number of hydrogen-bond acceptors (Lipinski definition) is 4. The van der Waals surface area contributed by atoms with Gasteiger partial charge in [0.2, 0.25) is 0 Å². The molecule has 4 N–H and O–H groups in total. The zero-order valence-electron chi connectivity index (χ0n) is 14.9. The Labute approximate surface area is 143 Å². The van der Waals surface area contributed by atoms with Gasteiger partial charge in [-0.15, -0.1) is 0 Å². The molecule has 0 heterocycles. The fourth-order valence-corrected chi connectivity index (χ4v) is 6.92. The maximum Gasteiger partial charge on any atom is 0.116 e. The van der Waals surface area contributed by atoms with Gasteiger partial charge in [0.25, 0.3) is 0 Å². The topological polar surface area (TPSA) is 80.9 Å². The Hall–Kier alpha value is -0.940. The first kappa shape index (κ1) is 16.5. The van der Waals surface area contributed by atoms with Crippen LogP contribution < -0.4 is 0 Å². The Balaban J connectivity index is 2.08. The van der Waals surface area contributed by atoms with Crippen LogP contribution in [-0.2, 0) is 11.0 Å². The summed E-state index contributed by atoms with van der Waals surface area (Å²) in [4.78, 5) is 0. The van der Waals surface area contributed by atoms with Gasteiger partial charge in [-0.1, -0.05) is 52.0 Å². The maximum absolute atomic E-state index is 12.0. The molecule has 0 spiro atoms. The molecule has 3 aliphatic rings. The van der Waals surface area contributed by atoms with Crippen molar-refractivity contribution < 1.29 is 20.4 Å². The molecule has 0 amide bonds. The lowest BCUT2D eigenvalue weighted by Crippen LogP contribution is -2.68. The van der Waals surface area contributed by atoms with Gasteiger partial charge in [-0.3, -0.25) is 0 Å². The molecule has 4 rings (SSSR count). The van der Waals surface area contributed by atoms with Crippen LogP contribution in [-0.4, -0.2) is 38.7 Å². The predicted molar refractivity (Wildman–Crippen MR) is 90.3 cm³/mol. The van der Waals surface area contributed by atoms with Gasteiger partial charge in [-0.05, 0) is 28.9 Å². The first-order valence-electron chi connectivity index (χ1n) is 8.84. The Morgan fingerprint density at radius 3 is 2.21 bits per heavy atom. The van der Waals surface area contributed by atoms with Gasteiger partial charge in [0.05, 0.1) is 18.3 Å². The maximum atomic E-state index is 12.0. The van der Waals surface area contributed by atoms with E-state index in [0.717, 1.165) is 5.56 Å². The van der Waals surface area contributed by atoms with Crippen LogP contribution in [0.1, 0.15) is 51.7 Å². The van der Waals surface area contributed by atoms with E-state index in [-0.39, 0.29) is 17.8 Å². The molecule has 1 aromatic rings. The first-order chi connectivity index (χ1) is 11.0. The smallest absolute Gasteiger partial charge is 0.116 e. The third-order valence-electron chi connectivity index (χ3n) is 8.55. The van der Waals surface area contributed by atoms with E-state index in [0.29, 0.717) is 12.0 Å². The normalized spacial score (nSPS) is 51.3. The number of benzene rings is 1. The summed E-state index contributed by atoms with van der Waals surface area (Å²) in [5, 5.41) is 43.9. The van der Waals surface area contributed by atoms with Crippen molar-refractivity contribution in [3.63, 3.8) is 0 Å². The summed E-state index contributed by atoms with van der Waals surface area (Å²) in [7, 11) is 0. The minimum Gasteiger partial charge on any atom is -0.393 e. The molecule has 2 bridgehead atoms. The zero-order valence-corrected chi connectivity index (χ0v) is 14.9. The highest BCUT2D eigenvalue weighted by Gasteiger charge is 2.83. The molecule has 132 valence electrons. The molecule has 1 aromatic carbocycles. The van der Waals surface area contributed by atoms with Gasteiger partial charge in [-0.2, -0.15) is 0 Å². The summed E-state index contributed by atoms with van der Waals surface area (Å²) < 4.78 is 0. The minimum atomic E-state index is -1.49. The third-order valence-corrected chi connectivity index (χ3v) is 8.55. The zero-order chi connectivity index (χ0) is 17.8. The van der Waals surface area contributed by atoms with Crippen molar-refractivity contribution in [3.05, 3.63) is 35.4 Å². The quantitative estimate of drug-likeness (QED) is 0.631. The molecule has 3 aliphatic carbocycles. The van der Waals surface area contributed by atoms with Gasteiger partial charge in [0, 0.05) is 17.3 Å². The second-order valence-corrected chi connectivity index (χ2v) is 9.20. The molecule has 4 heteroatoms. The fourth-order valence-electron chi connectivity index (χ4n) is 6.92. The average molecular weight is 332 g/mol. The number of fused-ring (bicyclic) bond motifs is 7. The Morgan fingerprint density at radius 1 is 1.04 bits per heavy atom. The molecule has 2 fully saturated rings. The van der Waals surface area contributed by atoms with Crippen molar-refractivity contribution in [1.82, 2.24) is 0 Å². The van der Waals surface area contributed by atoms with Crippen molar-refractivity contribution in [3.8, 4) is 0 Å². The molecule has 2 saturated carbocycles. The van der Waals surface area contributed by atoms with Crippen LogP contribution in [0, 0.1) is 16.7 Å². The van der Waals surface area contributed by atoms with E-state index in [2.05, 4.69) is 20.8 Å². The Kier molecular flexibility index (Phi) is 2.92. The van der Waals surface area contributed by atoms with Gasteiger partial charge >= 0.3 is 0 Å². The van der Waals surface area contributed by atoms with E-state index in [1.807, 2.05) is 31.2 Å². The lowest BCUT2D eigenvalue weighted by Gasteiger charge is -2.60. The lowest BCUT2D eigenvalue weighted by molar-refractivity contribution is -0.218. The summed E-state index contributed by atoms with van der Waals surface area (Å²) in [5.41, 5.74) is -2.78. The number of hydrogen-bond donors (Lipinski definition) is 4. The standard InChI is InChI=1S/C20H28O4/c1-16(2)14-9-15(22)18(16,4)20(24)10-19(23,11-21)13-8-6-5-7-12(13)17(14,20)3/h5-8,14-15,21-24H,9-11H2,1-4H3/t14?,15?,17?,18?,19-,20+/m0/s1. The van der Waals surface area contributed by atoms with Crippen LogP contribution in [0.4, 0.5) is 0 Å². The second kappa shape index (κ2) is 4.24. The van der Waals surface area contributed by atoms with Crippen LogP contribution in [0.5, 0.6) is 0 Å². The van der Waals surface area contributed by atoms with E-state index in [1.165, 1.54) is 0 Å². The molecule has 4 unspecified atom stereocenters. The average Bonchev–Trinajstić information content (AvgIpc) is 2.78. The fraction of sp³-hybridized carbons (Fsp3) is 0.700. The second-order valence-electron chi connectivity index (χ2n) is 9.20. The largest absolute Gasteiger partial charge is 0.393 e.